The SMILES string of the molecule is CCOC(=O)c1c(C)nn(C(=O)c2cnc[nH]2)c1N. The van der Waals surface area contributed by atoms with Crippen LogP contribution in [0.15, 0.2) is 12.5 Å². The first kappa shape index (κ1) is 12.8. The molecule has 2 aromatic rings. The molecule has 2 rings (SSSR count). The molecule has 2 heterocycles. The standard InChI is InChI=1S/C11H13N5O3/c1-3-19-11(18)8-6(2)15-16(9(8)12)10(17)7-4-13-5-14-7/h4-5H,3,12H2,1-2H3,(H,13,14). The molecule has 0 fully saturated rings. The van der Waals surface area contributed by atoms with Crippen molar-refractivity contribution < 1.29 is 14.3 Å². The van der Waals surface area contributed by atoms with Gasteiger partial charge in [-0.3, -0.25) is 4.79 Å². The van der Waals surface area contributed by atoms with E-state index in [9.17, 15) is 9.59 Å². The molecule has 0 atom stereocenters. The summed E-state index contributed by atoms with van der Waals surface area (Å²) in [5, 5.41) is 3.96. The topological polar surface area (TPSA) is 116 Å². The van der Waals surface area contributed by atoms with Gasteiger partial charge in [0.25, 0.3) is 5.91 Å². The van der Waals surface area contributed by atoms with Crippen LogP contribution < -0.4 is 5.73 Å². The molecular formula is C11H13N5O3. The first-order valence-electron chi connectivity index (χ1n) is 5.61. The fraction of sp³-hybridized carbons (Fsp3) is 0.273. The number of anilines is 1. The number of hydrogen-bond donors (Lipinski definition) is 2. The number of nitrogens with one attached hydrogen (secondary N) is 1. The zero-order valence-electron chi connectivity index (χ0n) is 10.5. The average Bonchev–Trinajstić information content (AvgIpc) is 2.97. The zero-order chi connectivity index (χ0) is 14.0. The second-order valence-electron chi connectivity index (χ2n) is 3.75. The fourth-order valence-electron chi connectivity index (χ4n) is 1.64. The lowest BCUT2D eigenvalue weighted by Crippen LogP contribution is -2.17. The molecular weight excluding hydrogens is 250 g/mol. The Balaban J connectivity index is 2.42. The predicted octanol–water partition coefficient (Wildman–Crippen LogP) is 0.362. The van der Waals surface area contributed by atoms with Crippen LogP contribution in [-0.4, -0.2) is 38.2 Å². The van der Waals surface area contributed by atoms with Crippen LogP contribution in [0.5, 0.6) is 0 Å². The average molecular weight is 263 g/mol. The Morgan fingerprint density at radius 1 is 1.53 bits per heavy atom. The van der Waals surface area contributed by atoms with E-state index in [2.05, 4.69) is 15.1 Å². The number of esters is 1. The number of nitrogens with two attached hydrogens (primary N) is 1. The van der Waals surface area contributed by atoms with Crippen molar-refractivity contribution in [3.8, 4) is 0 Å². The van der Waals surface area contributed by atoms with E-state index in [4.69, 9.17) is 10.5 Å². The van der Waals surface area contributed by atoms with Crippen molar-refractivity contribution in [3.63, 3.8) is 0 Å². The summed E-state index contributed by atoms with van der Waals surface area (Å²) in [6.45, 7) is 3.49. The smallest absolute Gasteiger partial charge is 0.343 e. The van der Waals surface area contributed by atoms with Gasteiger partial charge in [-0.25, -0.2) is 9.78 Å². The summed E-state index contributed by atoms with van der Waals surface area (Å²) in [4.78, 5) is 30.2. The minimum Gasteiger partial charge on any atom is -0.462 e. The second-order valence-corrected chi connectivity index (χ2v) is 3.75. The van der Waals surface area contributed by atoms with Crippen LogP contribution in [0.3, 0.4) is 0 Å². The van der Waals surface area contributed by atoms with Crippen molar-refractivity contribution in [1.82, 2.24) is 19.7 Å². The summed E-state index contributed by atoms with van der Waals surface area (Å²) in [7, 11) is 0. The predicted molar refractivity (Wildman–Crippen MR) is 65.6 cm³/mol. The highest BCUT2D eigenvalue weighted by Gasteiger charge is 2.24. The highest BCUT2D eigenvalue weighted by atomic mass is 16.5. The lowest BCUT2D eigenvalue weighted by molar-refractivity contribution is 0.0527. The normalized spacial score (nSPS) is 10.4. The molecule has 100 valence electrons. The van der Waals surface area contributed by atoms with E-state index in [-0.39, 0.29) is 23.7 Å². The van der Waals surface area contributed by atoms with Gasteiger partial charge in [0.2, 0.25) is 0 Å². The number of aromatic amines is 1. The van der Waals surface area contributed by atoms with Gasteiger partial charge in [0, 0.05) is 0 Å². The van der Waals surface area contributed by atoms with E-state index in [1.807, 2.05) is 0 Å². The summed E-state index contributed by atoms with van der Waals surface area (Å²) < 4.78 is 5.82. The van der Waals surface area contributed by atoms with Gasteiger partial charge in [-0.05, 0) is 13.8 Å². The van der Waals surface area contributed by atoms with Crippen LogP contribution in [0.25, 0.3) is 0 Å². The molecule has 0 unspecified atom stereocenters. The van der Waals surface area contributed by atoms with Gasteiger partial charge in [0.15, 0.2) is 0 Å². The zero-order valence-corrected chi connectivity index (χ0v) is 10.5. The van der Waals surface area contributed by atoms with Gasteiger partial charge in [-0.2, -0.15) is 9.78 Å². The number of ether oxygens (including phenoxy) is 1. The number of carbonyl (C=O) groups excluding carboxylic acids is 2. The fourth-order valence-corrected chi connectivity index (χ4v) is 1.64. The molecule has 0 bridgehead atoms. The van der Waals surface area contributed by atoms with E-state index >= 15 is 0 Å². The molecule has 0 aliphatic heterocycles. The molecule has 0 spiro atoms. The minimum absolute atomic E-state index is 0.0458. The van der Waals surface area contributed by atoms with E-state index in [1.165, 1.54) is 12.5 Å². The van der Waals surface area contributed by atoms with Gasteiger partial charge in [0.05, 0.1) is 24.8 Å². The summed E-state index contributed by atoms with van der Waals surface area (Å²) in [5.41, 5.74) is 6.46. The molecule has 0 aliphatic carbocycles. The summed E-state index contributed by atoms with van der Waals surface area (Å²) in [5.74, 6) is -1.13. The lowest BCUT2D eigenvalue weighted by atomic mass is 10.2. The summed E-state index contributed by atoms with van der Waals surface area (Å²) in [6.07, 6.45) is 2.72. The third-order valence-electron chi connectivity index (χ3n) is 2.50. The lowest BCUT2D eigenvalue weighted by Gasteiger charge is -2.02. The van der Waals surface area contributed by atoms with Gasteiger partial charge in [-0.15, -0.1) is 0 Å². The van der Waals surface area contributed by atoms with Crippen molar-refractivity contribution in [2.45, 2.75) is 13.8 Å². The Labute approximate surface area is 108 Å². The highest BCUT2D eigenvalue weighted by molar-refractivity contribution is 6.01. The van der Waals surface area contributed by atoms with Gasteiger partial charge in [0.1, 0.15) is 17.1 Å². The summed E-state index contributed by atoms with van der Waals surface area (Å²) in [6, 6.07) is 0. The van der Waals surface area contributed by atoms with Crippen molar-refractivity contribution in [2.24, 2.45) is 0 Å². The quantitative estimate of drug-likeness (QED) is 0.772. The first-order chi connectivity index (χ1) is 9.06. The molecule has 0 saturated carbocycles. The Bertz CT molecular complexity index is 615. The van der Waals surface area contributed by atoms with E-state index in [1.54, 1.807) is 13.8 Å². The Kier molecular flexibility index (Phi) is 3.32. The Morgan fingerprint density at radius 2 is 2.26 bits per heavy atom. The number of imidazole rings is 1. The maximum absolute atomic E-state index is 12.1. The van der Waals surface area contributed by atoms with Crippen LogP contribution in [0.2, 0.25) is 0 Å². The molecule has 2 aromatic heterocycles. The van der Waals surface area contributed by atoms with Crippen LogP contribution >= 0.6 is 0 Å². The summed E-state index contributed by atoms with van der Waals surface area (Å²) >= 11 is 0. The monoisotopic (exact) mass is 263 g/mol. The maximum Gasteiger partial charge on any atom is 0.343 e. The second kappa shape index (κ2) is 4.92. The van der Waals surface area contributed by atoms with Gasteiger partial charge in [-0.1, -0.05) is 0 Å². The molecule has 0 aliphatic rings. The molecule has 0 aromatic carbocycles. The van der Waals surface area contributed by atoms with Crippen molar-refractivity contribution in [2.75, 3.05) is 12.3 Å². The van der Waals surface area contributed by atoms with Gasteiger partial charge >= 0.3 is 5.97 Å². The third kappa shape index (κ3) is 2.19. The minimum atomic E-state index is -0.596. The number of aryl methyl sites for hydroxylation is 1. The molecule has 8 heteroatoms. The number of rotatable bonds is 3. The first-order valence-corrected chi connectivity index (χ1v) is 5.61. The molecule has 0 radical (unpaired) electrons. The number of hydrogen-bond acceptors (Lipinski definition) is 6. The van der Waals surface area contributed by atoms with E-state index in [0.717, 1.165) is 4.68 Å². The maximum atomic E-state index is 12.1. The number of carbonyl (C=O) groups is 2. The Hall–Kier alpha value is -2.64. The third-order valence-corrected chi connectivity index (χ3v) is 2.50. The number of aromatic nitrogens is 4. The van der Waals surface area contributed by atoms with Crippen molar-refractivity contribution in [3.05, 3.63) is 29.5 Å². The van der Waals surface area contributed by atoms with Crippen LogP contribution in [0.1, 0.15) is 33.5 Å². The van der Waals surface area contributed by atoms with Gasteiger partial charge < -0.3 is 15.5 Å². The largest absolute Gasteiger partial charge is 0.462 e. The molecule has 0 amide bonds. The number of H-pyrrole nitrogens is 1. The molecule has 3 N–H and O–H groups in total. The van der Waals surface area contributed by atoms with Crippen LogP contribution in [0.4, 0.5) is 5.82 Å². The number of nitrogen functional groups attached to an aromatic ring is 1. The van der Waals surface area contributed by atoms with Crippen LogP contribution in [-0.2, 0) is 4.74 Å². The van der Waals surface area contributed by atoms with E-state index < -0.39 is 11.9 Å². The number of nitrogens with zero attached hydrogens (tertiary/aromatic N) is 3. The molecule has 0 saturated heterocycles. The molecule has 19 heavy (non-hydrogen) atoms. The van der Waals surface area contributed by atoms with E-state index in [0.29, 0.717) is 5.69 Å². The Morgan fingerprint density at radius 3 is 2.84 bits per heavy atom. The highest BCUT2D eigenvalue weighted by Crippen LogP contribution is 2.18. The van der Waals surface area contributed by atoms with Crippen molar-refractivity contribution >= 4 is 17.7 Å². The molecule has 8 nitrogen and oxygen atoms in total. The van der Waals surface area contributed by atoms with Crippen LogP contribution in [0, 0.1) is 6.92 Å². The van der Waals surface area contributed by atoms with Crippen molar-refractivity contribution in [1.29, 1.82) is 0 Å².